The Morgan fingerprint density at radius 1 is 1.50 bits per heavy atom. The van der Waals surface area contributed by atoms with Crippen LogP contribution in [-0.2, 0) is 11.3 Å². The lowest BCUT2D eigenvalue weighted by molar-refractivity contribution is 0.0504. The molecule has 0 spiro atoms. The maximum atomic E-state index is 13.9. The van der Waals surface area contributed by atoms with E-state index in [0.29, 0.717) is 13.1 Å². The van der Waals surface area contributed by atoms with Gasteiger partial charge in [-0.25, -0.2) is 4.39 Å². The zero-order valence-corrected chi connectivity index (χ0v) is 12.9. The standard InChI is InChI=1S/C16H17FN2O2S/c17-15-8-18-5-3-14(15)16(20)19(9-12-4-7-22-11-12)10-13-2-1-6-21-13/h3-5,7-8,11,13H,1-2,6,9-10H2. The van der Waals surface area contributed by atoms with Crippen molar-refractivity contribution in [3.05, 3.63) is 52.2 Å². The molecule has 1 aliphatic heterocycles. The second kappa shape index (κ2) is 6.98. The Morgan fingerprint density at radius 3 is 3.09 bits per heavy atom. The van der Waals surface area contributed by atoms with Crippen molar-refractivity contribution >= 4 is 17.2 Å². The molecule has 0 saturated carbocycles. The SMILES string of the molecule is O=C(c1ccncc1F)N(Cc1ccsc1)CC1CCCO1. The molecule has 2 aromatic rings. The van der Waals surface area contributed by atoms with E-state index >= 15 is 0 Å². The summed E-state index contributed by atoms with van der Waals surface area (Å²) >= 11 is 1.58. The maximum Gasteiger partial charge on any atom is 0.257 e. The number of carbonyl (C=O) groups excluding carboxylic acids is 1. The van der Waals surface area contributed by atoms with E-state index < -0.39 is 5.82 Å². The summed E-state index contributed by atoms with van der Waals surface area (Å²) in [7, 11) is 0. The van der Waals surface area contributed by atoms with E-state index in [9.17, 15) is 9.18 Å². The van der Waals surface area contributed by atoms with Crippen LogP contribution in [0.15, 0.2) is 35.3 Å². The largest absolute Gasteiger partial charge is 0.376 e. The molecule has 0 aromatic carbocycles. The monoisotopic (exact) mass is 320 g/mol. The lowest BCUT2D eigenvalue weighted by Gasteiger charge is -2.25. The molecule has 0 N–H and O–H groups in total. The van der Waals surface area contributed by atoms with Crippen molar-refractivity contribution < 1.29 is 13.9 Å². The van der Waals surface area contributed by atoms with Crippen molar-refractivity contribution in [1.82, 2.24) is 9.88 Å². The number of pyridine rings is 1. The molecule has 1 saturated heterocycles. The van der Waals surface area contributed by atoms with Gasteiger partial charge in [-0.1, -0.05) is 0 Å². The molecule has 0 radical (unpaired) electrons. The summed E-state index contributed by atoms with van der Waals surface area (Å²) < 4.78 is 19.5. The van der Waals surface area contributed by atoms with Crippen molar-refractivity contribution in [2.45, 2.75) is 25.5 Å². The normalized spacial score (nSPS) is 17.6. The van der Waals surface area contributed by atoms with E-state index in [0.717, 1.165) is 31.2 Å². The van der Waals surface area contributed by atoms with Crippen molar-refractivity contribution in [1.29, 1.82) is 0 Å². The number of halogens is 1. The lowest BCUT2D eigenvalue weighted by Crippen LogP contribution is -2.37. The van der Waals surface area contributed by atoms with E-state index in [2.05, 4.69) is 4.98 Å². The minimum absolute atomic E-state index is 0.0347. The number of hydrogen-bond acceptors (Lipinski definition) is 4. The molecule has 1 fully saturated rings. The van der Waals surface area contributed by atoms with Crippen molar-refractivity contribution in [3.63, 3.8) is 0 Å². The summed E-state index contributed by atoms with van der Waals surface area (Å²) in [5.41, 5.74) is 1.11. The van der Waals surface area contributed by atoms with Crippen LogP contribution in [-0.4, -0.2) is 35.0 Å². The molecule has 116 valence electrons. The third-order valence-corrected chi connectivity index (χ3v) is 4.42. The molecular formula is C16H17FN2O2S. The average Bonchev–Trinajstić information content (AvgIpc) is 3.20. The van der Waals surface area contributed by atoms with Gasteiger partial charge in [0, 0.05) is 25.9 Å². The van der Waals surface area contributed by atoms with Gasteiger partial charge in [0.05, 0.1) is 17.9 Å². The molecular weight excluding hydrogens is 303 g/mol. The van der Waals surface area contributed by atoms with Gasteiger partial charge in [-0.2, -0.15) is 11.3 Å². The zero-order chi connectivity index (χ0) is 15.4. The second-order valence-corrected chi connectivity index (χ2v) is 6.09. The molecule has 1 aliphatic rings. The first-order valence-electron chi connectivity index (χ1n) is 7.25. The first-order chi connectivity index (χ1) is 10.7. The summed E-state index contributed by atoms with van der Waals surface area (Å²) in [5, 5.41) is 3.97. The fourth-order valence-corrected chi connectivity index (χ4v) is 3.24. The summed E-state index contributed by atoms with van der Waals surface area (Å²) in [6.45, 7) is 1.68. The number of rotatable bonds is 5. The number of carbonyl (C=O) groups is 1. The molecule has 3 rings (SSSR count). The third kappa shape index (κ3) is 3.51. The fraction of sp³-hybridized carbons (Fsp3) is 0.375. The van der Waals surface area contributed by atoms with Crippen LogP contribution in [0.5, 0.6) is 0 Å². The summed E-state index contributed by atoms with van der Waals surface area (Å²) in [4.78, 5) is 18.0. The summed E-state index contributed by atoms with van der Waals surface area (Å²) in [6.07, 6.45) is 4.49. The van der Waals surface area contributed by atoms with Gasteiger partial charge in [-0.3, -0.25) is 9.78 Å². The molecule has 0 aliphatic carbocycles. The van der Waals surface area contributed by atoms with Crippen LogP contribution < -0.4 is 0 Å². The third-order valence-electron chi connectivity index (χ3n) is 3.69. The highest BCUT2D eigenvalue weighted by Gasteiger charge is 2.25. The van der Waals surface area contributed by atoms with E-state index in [1.165, 1.54) is 12.3 Å². The van der Waals surface area contributed by atoms with Crippen LogP contribution in [0.2, 0.25) is 0 Å². The van der Waals surface area contributed by atoms with E-state index in [1.54, 1.807) is 16.2 Å². The Bertz CT molecular complexity index is 627. The zero-order valence-electron chi connectivity index (χ0n) is 12.1. The average molecular weight is 320 g/mol. The Hall–Kier alpha value is -1.79. The van der Waals surface area contributed by atoms with E-state index in [1.807, 2.05) is 16.8 Å². The van der Waals surface area contributed by atoms with Crippen LogP contribution in [0.25, 0.3) is 0 Å². The molecule has 2 aromatic heterocycles. The summed E-state index contributed by atoms with van der Waals surface area (Å²) in [6, 6.07) is 3.40. The molecule has 22 heavy (non-hydrogen) atoms. The Morgan fingerprint density at radius 2 is 2.41 bits per heavy atom. The quantitative estimate of drug-likeness (QED) is 0.850. The molecule has 0 bridgehead atoms. The van der Waals surface area contributed by atoms with Crippen LogP contribution >= 0.6 is 11.3 Å². The van der Waals surface area contributed by atoms with E-state index in [-0.39, 0.29) is 17.6 Å². The number of aromatic nitrogens is 1. The summed E-state index contributed by atoms with van der Waals surface area (Å²) in [5.74, 6) is -0.906. The first-order valence-corrected chi connectivity index (χ1v) is 8.20. The highest BCUT2D eigenvalue weighted by molar-refractivity contribution is 7.07. The van der Waals surface area contributed by atoms with Gasteiger partial charge in [-0.05, 0) is 41.3 Å². The number of hydrogen-bond donors (Lipinski definition) is 0. The Kier molecular flexibility index (Phi) is 4.80. The molecule has 3 heterocycles. The minimum Gasteiger partial charge on any atom is -0.376 e. The Labute approximate surface area is 132 Å². The molecule has 4 nitrogen and oxygen atoms in total. The van der Waals surface area contributed by atoms with Gasteiger partial charge < -0.3 is 9.64 Å². The van der Waals surface area contributed by atoms with Gasteiger partial charge in [0.25, 0.3) is 5.91 Å². The van der Waals surface area contributed by atoms with Crippen LogP contribution in [0, 0.1) is 5.82 Å². The number of amides is 1. The van der Waals surface area contributed by atoms with Crippen LogP contribution in [0.1, 0.15) is 28.8 Å². The minimum atomic E-state index is -0.588. The highest BCUT2D eigenvalue weighted by Crippen LogP contribution is 2.19. The topological polar surface area (TPSA) is 42.4 Å². The fourth-order valence-electron chi connectivity index (χ4n) is 2.58. The van der Waals surface area contributed by atoms with Gasteiger partial charge in [0.1, 0.15) is 0 Å². The van der Waals surface area contributed by atoms with Crippen LogP contribution in [0.3, 0.4) is 0 Å². The van der Waals surface area contributed by atoms with Gasteiger partial charge in [0.2, 0.25) is 0 Å². The number of nitrogens with zero attached hydrogens (tertiary/aromatic N) is 2. The molecule has 1 amide bonds. The van der Waals surface area contributed by atoms with Crippen molar-refractivity contribution in [2.75, 3.05) is 13.2 Å². The maximum absolute atomic E-state index is 13.9. The van der Waals surface area contributed by atoms with Gasteiger partial charge in [-0.15, -0.1) is 0 Å². The highest BCUT2D eigenvalue weighted by atomic mass is 32.1. The van der Waals surface area contributed by atoms with Gasteiger partial charge >= 0.3 is 0 Å². The number of thiophene rings is 1. The Balaban J connectivity index is 1.80. The number of ether oxygens (including phenoxy) is 1. The predicted molar refractivity (Wildman–Crippen MR) is 82.2 cm³/mol. The van der Waals surface area contributed by atoms with Crippen molar-refractivity contribution in [3.8, 4) is 0 Å². The van der Waals surface area contributed by atoms with E-state index in [4.69, 9.17) is 4.74 Å². The predicted octanol–water partition coefficient (Wildman–Crippen LogP) is 3.10. The second-order valence-electron chi connectivity index (χ2n) is 5.31. The van der Waals surface area contributed by atoms with Crippen molar-refractivity contribution in [2.24, 2.45) is 0 Å². The molecule has 6 heteroatoms. The first kappa shape index (κ1) is 15.1. The smallest absolute Gasteiger partial charge is 0.257 e. The lowest BCUT2D eigenvalue weighted by atomic mass is 10.1. The van der Waals surface area contributed by atoms with Gasteiger partial charge in [0.15, 0.2) is 5.82 Å². The molecule has 1 atom stereocenters. The van der Waals surface area contributed by atoms with Crippen LogP contribution in [0.4, 0.5) is 4.39 Å². The molecule has 1 unspecified atom stereocenters.